The molecule has 2 aliphatic carbocycles. The van der Waals surface area contributed by atoms with Gasteiger partial charge >= 0.3 is 5.97 Å². The number of fused-ring (bicyclic) bond motifs is 5. The molecule has 1 saturated heterocycles. The number of likely N-dealkylation sites (tertiary alicyclic amines) is 1. The van der Waals surface area contributed by atoms with Gasteiger partial charge in [-0.2, -0.15) is 0 Å². The normalized spacial score (nSPS) is 36.4. The summed E-state index contributed by atoms with van der Waals surface area (Å²) in [4.78, 5) is 36.3. The van der Waals surface area contributed by atoms with Crippen LogP contribution < -0.4 is 0 Å². The molecular formula is C13H15NO4. The Bertz CT molecular complexity index is 426. The molecule has 18 heavy (non-hydrogen) atoms. The van der Waals surface area contributed by atoms with Crippen LogP contribution in [-0.4, -0.2) is 35.8 Å². The molecule has 3 rings (SSSR count). The van der Waals surface area contributed by atoms with Crippen LogP contribution in [0.4, 0.5) is 0 Å². The number of carbonyl (C=O) groups is 3. The lowest BCUT2D eigenvalue weighted by atomic mass is 9.85. The Hall–Kier alpha value is -1.65. The van der Waals surface area contributed by atoms with Gasteiger partial charge in [0.05, 0.1) is 18.4 Å². The minimum Gasteiger partial charge on any atom is -0.464 e. The van der Waals surface area contributed by atoms with Crippen LogP contribution >= 0.6 is 0 Å². The number of hydrogen-bond acceptors (Lipinski definition) is 4. The topological polar surface area (TPSA) is 63.7 Å². The lowest BCUT2D eigenvalue weighted by Crippen LogP contribution is -2.36. The van der Waals surface area contributed by atoms with Crippen molar-refractivity contribution in [1.82, 2.24) is 4.90 Å². The van der Waals surface area contributed by atoms with Gasteiger partial charge in [0.15, 0.2) is 0 Å². The highest BCUT2D eigenvalue weighted by atomic mass is 16.5. The fourth-order valence-corrected chi connectivity index (χ4v) is 3.47. The van der Waals surface area contributed by atoms with Gasteiger partial charge in [0.2, 0.25) is 11.8 Å². The van der Waals surface area contributed by atoms with E-state index in [2.05, 4.69) is 12.2 Å². The van der Waals surface area contributed by atoms with Crippen molar-refractivity contribution in [3.05, 3.63) is 12.2 Å². The van der Waals surface area contributed by atoms with Crippen LogP contribution in [0.5, 0.6) is 0 Å². The van der Waals surface area contributed by atoms with E-state index in [4.69, 9.17) is 4.74 Å². The average Bonchev–Trinajstić information content (AvgIpc) is 2.97. The minimum atomic E-state index is -0.393. The maximum atomic E-state index is 12.2. The maximum Gasteiger partial charge on any atom is 0.302 e. The number of imide groups is 1. The van der Waals surface area contributed by atoms with E-state index in [9.17, 15) is 14.4 Å². The summed E-state index contributed by atoms with van der Waals surface area (Å²) in [7, 11) is 0. The smallest absolute Gasteiger partial charge is 0.302 e. The van der Waals surface area contributed by atoms with Gasteiger partial charge in [-0.25, -0.2) is 0 Å². The van der Waals surface area contributed by atoms with E-state index in [0.29, 0.717) is 0 Å². The van der Waals surface area contributed by atoms with E-state index >= 15 is 0 Å². The first-order valence-corrected chi connectivity index (χ1v) is 6.26. The molecule has 2 bridgehead atoms. The summed E-state index contributed by atoms with van der Waals surface area (Å²) < 4.78 is 4.79. The molecule has 0 spiro atoms. The van der Waals surface area contributed by atoms with Crippen LogP contribution in [0.15, 0.2) is 12.2 Å². The zero-order chi connectivity index (χ0) is 12.9. The molecule has 4 atom stereocenters. The van der Waals surface area contributed by atoms with Crippen molar-refractivity contribution < 1.29 is 19.1 Å². The van der Waals surface area contributed by atoms with E-state index in [1.54, 1.807) is 0 Å². The maximum absolute atomic E-state index is 12.2. The summed E-state index contributed by atoms with van der Waals surface area (Å²) in [6, 6.07) is 0. The van der Waals surface area contributed by atoms with Gasteiger partial charge in [-0.15, -0.1) is 0 Å². The van der Waals surface area contributed by atoms with Gasteiger partial charge < -0.3 is 4.74 Å². The standard InChI is InChI=1S/C13H15NO4/c1-7(15)18-5-4-14-12(16)10-8-2-3-9(6-8)11(10)13(14)17/h2-3,8-11H,4-6H2,1H3/t8-,9+,10+,11-. The summed E-state index contributed by atoms with van der Waals surface area (Å²) in [6.07, 6.45) is 5.06. The molecule has 3 aliphatic rings. The van der Waals surface area contributed by atoms with E-state index < -0.39 is 5.97 Å². The Kier molecular flexibility index (Phi) is 2.50. The Morgan fingerprint density at radius 1 is 1.28 bits per heavy atom. The molecule has 2 fully saturated rings. The fourth-order valence-electron chi connectivity index (χ4n) is 3.47. The van der Waals surface area contributed by atoms with Gasteiger partial charge in [-0.05, 0) is 18.3 Å². The first-order chi connectivity index (χ1) is 8.59. The van der Waals surface area contributed by atoms with Crippen molar-refractivity contribution in [2.75, 3.05) is 13.2 Å². The highest BCUT2D eigenvalue weighted by Crippen LogP contribution is 2.52. The lowest BCUT2D eigenvalue weighted by Gasteiger charge is -2.16. The van der Waals surface area contributed by atoms with Crippen molar-refractivity contribution in [3.63, 3.8) is 0 Å². The largest absolute Gasteiger partial charge is 0.464 e. The molecule has 0 aromatic heterocycles. The van der Waals surface area contributed by atoms with Crippen molar-refractivity contribution in [2.24, 2.45) is 23.7 Å². The van der Waals surface area contributed by atoms with Gasteiger partial charge in [0.25, 0.3) is 0 Å². The van der Waals surface area contributed by atoms with E-state index in [-0.39, 0.29) is 48.6 Å². The van der Waals surface area contributed by atoms with Crippen LogP contribution in [0.25, 0.3) is 0 Å². The molecular weight excluding hydrogens is 234 g/mol. The summed E-state index contributed by atoms with van der Waals surface area (Å²) >= 11 is 0. The zero-order valence-electron chi connectivity index (χ0n) is 10.2. The third kappa shape index (κ3) is 1.50. The summed E-state index contributed by atoms with van der Waals surface area (Å²) in [5.41, 5.74) is 0. The first-order valence-electron chi connectivity index (χ1n) is 6.26. The summed E-state index contributed by atoms with van der Waals surface area (Å²) in [6.45, 7) is 1.59. The predicted molar refractivity (Wildman–Crippen MR) is 61.1 cm³/mol. The molecule has 1 aliphatic heterocycles. The molecule has 96 valence electrons. The Labute approximate surface area is 105 Å². The summed E-state index contributed by atoms with van der Waals surface area (Å²) in [5.74, 6) is -0.431. The van der Waals surface area contributed by atoms with Crippen LogP contribution in [0.2, 0.25) is 0 Å². The predicted octanol–water partition coefficient (Wildman–Crippen LogP) is 0.357. The fraction of sp³-hybridized carbons (Fsp3) is 0.615. The monoisotopic (exact) mass is 249 g/mol. The summed E-state index contributed by atoms with van der Waals surface area (Å²) in [5, 5.41) is 0. The van der Waals surface area contributed by atoms with Gasteiger partial charge in [0.1, 0.15) is 6.61 Å². The Balaban J connectivity index is 1.70. The van der Waals surface area contributed by atoms with Crippen LogP contribution in [0.3, 0.4) is 0 Å². The highest BCUT2D eigenvalue weighted by molar-refractivity contribution is 6.06. The molecule has 5 heteroatoms. The van der Waals surface area contributed by atoms with E-state index in [1.165, 1.54) is 11.8 Å². The highest BCUT2D eigenvalue weighted by Gasteiger charge is 2.58. The Morgan fingerprint density at radius 3 is 2.33 bits per heavy atom. The average molecular weight is 249 g/mol. The molecule has 0 unspecified atom stereocenters. The van der Waals surface area contributed by atoms with Gasteiger partial charge in [-0.3, -0.25) is 19.3 Å². The molecule has 2 amide bonds. The van der Waals surface area contributed by atoms with Gasteiger partial charge in [0, 0.05) is 6.92 Å². The first kappa shape index (κ1) is 11.4. The molecule has 0 aromatic carbocycles. The van der Waals surface area contributed by atoms with Crippen molar-refractivity contribution >= 4 is 17.8 Å². The molecule has 0 N–H and O–H groups in total. The Morgan fingerprint density at radius 2 is 1.83 bits per heavy atom. The molecule has 1 heterocycles. The number of esters is 1. The molecule has 1 saturated carbocycles. The molecule has 0 aromatic rings. The van der Waals surface area contributed by atoms with E-state index in [1.807, 2.05) is 0 Å². The number of nitrogens with zero attached hydrogens (tertiary/aromatic N) is 1. The molecule has 0 radical (unpaired) electrons. The quantitative estimate of drug-likeness (QED) is 0.411. The number of ether oxygens (including phenoxy) is 1. The number of amides is 2. The lowest BCUT2D eigenvalue weighted by molar-refractivity contribution is -0.147. The second-order valence-electron chi connectivity index (χ2n) is 5.17. The third-order valence-corrected chi connectivity index (χ3v) is 4.18. The van der Waals surface area contributed by atoms with Crippen molar-refractivity contribution in [2.45, 2.75) is 13.3 Å². The number of hydrogen-bond donors (Lipinski definition) is 0. The molecule has 5 nitrogen and oxygen atoms in total. The van der Waals surface area contributed by atoms with Crippen molar-refractivity contribution in [3.8, 4) is 0 Å². The van der Waals surface area contributed by atoms with Crippen LogP contribution in [-0.2, 0) is 19.1 Å². The SMILES string of the molecule is CC(=O)OCCN1C(=O)[C@@H]2[C@H](C1=O)[C@H]1C=C[C@@H]2C1. The number of allylic oxidation sites excluding steroid dienone is 2. The third-order valence-electron chi connectivity index (χ3n) is 4.18. The second kappa shape index (κ2) is 3.93. The van der Waals surface area contributed by atoms with Gasteiger partial charge in [-0.1, -0.05) is 12.2 Å². The van der Waals surface area contributed by atoms with Crippen LogP contribution in [0, 0.1) is 23.7 Å². The second-order valence-corrected chi connectivity index (χ2v) is 5.17. The zero-order valence-corrected chi connectivity index (χ0v) is 10.2. The minimum absolute atomic E-state index is 0.0889. The van der Waals surface area contributed by atoms with E-state index in [0.717, 1.165) is 6.42 Å². The number of carbonyl (C=O) groups excluding carboxylic acids is 3. The van der Waals surface area contributed by atoms with Crippen LogP contribution in [0.1, 0.15) is 13.3 Å². The van der Waals surface area contributed by atoms with Crippen molar-refractivity contribution in [1.29, 1.82) is 0 Å². The number of rotatable bonds is 3.